The molecule has 7 rings (SSSR count). The molecular formula is C86H124N22O19S. The highest BCUT2D eigenvalue weighted by Gasteiger charge is 2.44. The van der Waals surface area contributed by atoms with Crippen LogP contribution in [0.3, 0.4) is 0 Å². The van der Waals surface area contributed by atoms with Crippen molar-refractivity contribution in [1.29, 1.82) is 5.41 Å². The minimum atomic E-state index is -1.85. The number of H-pyrrole nitrogens is 2. The monoisotopic (exact) mass is 1800 g/mol. The van der Waals surface area contributed by atoms with Crippen LogP contribution in [0, 0.1) is 11.3 Å². The van der Waals surface area contributed by atoms with Gasteiger partial charge < -0.3 is 120 Å². The zero-order valence-electron chi connectivity index (χ0n) is 73.7. The van der Waals surface area contributed by atoms with E-state index in [-0.39, 0.29) is 83.2 Å². The average molecular weight is 1800 g/mol. The molecule has 2 fully saturated rings. The smallest absolute Gasteiger partial charge is 0.246 e. The second kappa shape index (κ2) is 50.0. The molecule has 128 heavy (non-hydrogen) atoms. The number of primary amides is 2. The standard InChI is InChI=1S/C86H124N22O19S/c1-10-12-30-66-79(121)97-57(29-21-33-91-86(89)90)75(117)103-65(74(116)94-42-70(88)112)46-128-47-72(114)96-60(36-50-23-15-14-16-24-50)82(124)105(7)49(5)73(115)98-62(39-69(87)111)84(126)108-34-22-32-67(108)80(122)102-64(45-110)78(120)99-59(35-48(3)4)81(123)104(6)43-71(113)95-58(37-51-40-92-55-27-19-17-25-53(51)55)76(118)101-63(44-109)77(119)100-61(38-52-41-93-56-28-20-18-26-54(52)56)83(125)107(9)68(31-13-11-2)85(127)106(66)8/h14-20,23-28,40-41,48-49,57-68,92-93,109-110H,10-13,21-22,29-39,42-47H2,1-9H3,(H2,87,111)(H2,88,112)(H,94,116)(H,95,113)(H,96,114)(H,97,121)(H,98,115)(H,99,120)(H,100,119)(H,101,118)(H,102,122)(H,103,117)(H4,89,90,91)/t49-,57-,58-,59?,60-,61-,62-,63-,64-,65-,66-,67-,68-/m0/s1. The van der Waals surface area contributed by atoms with Crippen molar-refractivity contribution < 1.29 is 91.7 Å². The maximum atomic E-state index is 15.6. The third kappa shape index (κ3) is 29.7. The molecule has 2 saturated heterocycles. The van der Waals surface area contributed by atoms with Gasteiger partial charge in [0.2, 0.25) is 100 Å². The Labute approximate surface area is 746 Å². The van der Waals surface area contributed by atoms with Crippen molar-refractivity contribution in [1.82, 2.24) is 93.0 Å². The zero-order valence-corrected chi connectivity index (χ0v) is 74.5. The third-order valence-electron chi connectivity index (χ3n) is 22.3. The predicted molar refractivity (Wildman–Crippen MR) is 474 cm³/mol. The maximum Gasteiger partial charge on any atom is 0.246 e. The number of benzene rings is 3. The summed E-state index contributed by atoms with van der Waals surface area (Å²) in [6.07, 6.45) is 3.36. The van der Waals surface area contributed by atoms with Crippen molar-refractivity contribution in [2.75, 3.05) is 79.1 Å². The molecule has 13 atom stereocenters. The molecule has 2 aliphatic rings. The Bertz CT molecular complexity index is 4760. The number of para-hydroxylation sites is 2. The molecule has 41 nitrogen and oxygen atoms in total. The number of amides is 17. The molecule has 698 valence electrons. The summed E-state index contributed by atoms with van der Waals surface area (Å²) in [6.45, 7) is 4.71. The number of unbranched alkanes of at least 4 members (excludes halogenated alkanes) is 2. The maximum absolute atomic E-state index is 15.6. The van der Waals surface area contributed by atoms with Crippen LogP contribution in [-0.4, -0.2) is 309 Å². The lowest BCUT2D eigenvalue weighted by atomic mass is 10.00. The number of hydrogen-bond donors (Lipinski definition) is 19. The second-order valence-electron chi connectivity index (χ2n) is 32.6. The Morgan fingerprint density at radius 2 is 1.02 bits per heavy atom. The Morgan fingerprint density at radius 1 is 0.516 bits per heavy atom. The second-order valence-corrected chi connectivity index (χ2v) is 33.6. The fourth-order valence-electron chi connectivity index (χ4n) is 15.2. The van der Waals surface area contributed by atoms with Crippen molar-refractivity contribution in [2.45, 2.75) is 209 Å². The number of thioether (sulfide) groups is 1. The lowest BCUT2D eigenvalue weighted by Crippen LogP contribution is -2.61. The van der Waals surface area contributed by atoms with Crippen LogP contribution in [0.4, 0.5) is 0 Å². The topological polar surface area (TPSA) is 613 Å². The van der Waals surface area contributed by atoms with E-state index < -0.39 is 229 Å². The molecule has 42 heteroatoms. The number of carbonyl (C=O) groups excluding carboxylic acids is 17. The Kier molecular flexibility index (Phi) is 40.0. The van der Waals surface area contributed by atoms with Gasteiger partial charge in [0.25, 0.3) is 0 Å². The fourth-order valence-corrected chi connectivity index (χ4v) is 16.0. The van der Waals surface area contributed by atoms with Gasteiger partial charge in [-0.1, -0.05) is 120 Å². The first kappa shape index (κ1) is 102. The molecule has 3 aromatic carbocycles. The van der Waals surface area contributed by atoms with Crippen molar-refractivity contribution in [3.8, 4) is 0 Å². The van der Waals surface area contributed by atoms with E-state index in [4.69, 9.17) is 22.6 Å². The molecule has 2 aromatic heterocycles. The molecular weight excluding hydrogens is 1680 g/mol. The third-order valence-corrected chi connectivity index (χ3v) is 23.4. The Balaban J connectivity index is 1.29. The predicted octanol–water partition coefficient (Wildman–Crippen LogP) is -3.11. The number of aromatic amines is 2. The van der Waals surface area contributed by atoms with Gasteiger partial charge in [0.15, 0.2) is 5.96 Å². The summed E-state index contributed by atoms with van der Waals surface area (Å²) in [5, 5.41) is 59.4. The lowest BCUT2D eigenvalue weighted by molar-refractivity contribution is -0.149. The summed E-state index contributed by atoms with van der Waals surface area (Å²) in [7, 11) is 5.18. The molecule has 0 radical (unpaired) electrons. The molecule has 0 saturated carbocycles. The summed E-state index contributed by atoms with van der Waals surface area (Å²) in [5.74, 6) is -17.6. The number of aliphatic hydroxyl groups excluding tert-OH is 2. The molecule has 0 spiro atoms. The van der Waals surface area contributed by atoms with E-state index >= 15 is 19.2 Å². The number of aromatic nitrogens is 2. The van der Waals surface area contributed by atoms with Gasteiger partial charge in [-0.05, 0) is 86.6 Å². The highest BCUT2D eigenvalue weighted by atomic mass is 32.2. The van der Waals surface area contributed by atoms with E-state index in [1.165, 1.54) is 35.1 Å². The highest BCUT2D eigenvalue weighted by molar-refractivity contribution is 8.00. The van der Waals surface area contributed by atoms with Gasteiger partial charge in [0.1, 0.15) is 78.5 Å². The van der Waals surface area contributed by atoms with Crippen molar-refractivity contribution >= 4 is 140 Å². The van der Waals surface area contributed by atoms with Crippen LogP contribution in [0.1, 0.15) is 128 Å². The van der Waals surface area contributed by atoms with Gasteiger partial charge in [0.05, 0.1) is 38.5 Å². The summed E-state index contributed by atoms with van der Waals surface area (Å²) < 4.78 is 0. The average Bonchev–Trinajstić information content (AvgIpc) is 1.51. The quantitative estimate of drug-likeness (QED) is 0.0156. The number of guanidine groups is 1. The van der Waals surface area contributed by atoms with E-state index in [0.29, 0.717) is 64.2 Å². The Hall–Kier alpha value is -12.7. The Morgan fingerprint density at radius 3 is 1.60 bits per heavy atom. The SMILES string of the molecule is CCCC[C@H]1C(=O)N(C)[C@@H](CCCC)C(=O)N[C@@H](CCCNC(=N)N)C(=O)N[C@H](C(=O)NCC(N)=O)CSCC(=O)N[C@@H](Cc2ccccc2)C(=O)N(C)[C@@H](C)C(=O)N[C@@H](CC(N)=O)C(=O)N2CCC[C@H]2C(=O)N[C@@H](CO)C(=O)NC(CC(C)C)C(=O)N(C)CC(=O)N[C@@H](Cc2c[nH]c3ccccc23)C(=O)N[C@@H](CO)C(=O)N[C@@H](Cc2c[nH]c3ccccc23)C(=O)N1C. The molecule has 1 unspecified atom stereocenters. The zero-order chi connectivity index (χ0) is 94.2. The van der Waals surface area contributed by atoms with Crippen LogP contribution in [0.25, 0.3) is 21.8 Å². The van der Waals surface area contributed by atoms with Crippen LogP contribution in [0.5, 0.6) is 0 Å². The van der Waals surface area contributed by atoms with Gasteiger partial charge in [-0.25, -0.2) is 0 Å². The van der Waals surface area contributed by atoms with Gasteiger partial charge in [-0.3, -0.25) is 86.9 Å². The number of likely N-dealkylation sites (N-methyl/N-ethyl adjacent to an activating group) is 4. The van der Waals surface area contributed by atoms with Crippen LogP contribution in [-0.2, 0) is 101 Å². The van der Waals surface area contributed by atoms with E-state index in [0.717, 1.165) is 36.3 Å². The van der Waals surface area contributed by atoms with E-state index in [2.05, 4.69) is 68.5 Å². The largest absolute Gasteiger partial charge is 0.394 e. The molecule has 22 N–H and O–H groups in total. The van der Waals surface area contributed by atoms with Crippen LogP contribution in [0.2, 0.25) is 0 Å². The summed E-state index contributed by atoms with van der Waals surface area (Å²) in [6, 6.07) is 2.38. The highest BCUT2D eigenvalue weighted by Crippen LogP contribution is 2.26. The number of hydrogen-bond acceptors (Lipinski definition) is 21. The molecule has 0 bridgehead atoms. The van der Waals surface area contributed by atoms with Crippen molar-refractivity contribution in [3.63, 3.8) is 0 Å². The minimum Gasteiger partial charge on any atom is -0.394 e. The molecule has 0 aliphatic carbocycles. The van der Waals surface area contributed by atoms with Gasteiger partial charge in [-0.15, -0.1) is 11.8 Å². The van der Waals surface area contributed by atoms with Gasteiger partial charge in [-0.2, -0.15) is 0 Å². The first-order valence-electron chi connectivity index (χ1n) is 42.8. The number of carbonyl (C=O) groups is 17. The molecule has 2 aliphatic heterocycles. The molecule has 5 aromatic rings. The fraction of sp³-hybridized carbons (Fsp3) is 0.535. The summed E-state index contributed by atoms with van der Waals surface area (Å²) >= 11 is 0.788. The number of nitrogens with one attached hydrogen (secondary N) is 14. The summed E-state index contributed by atoms with van der Waals surface area (Å²) in [5.41, 5.74) is 19.6. The number of fused-ring (bicyclic) bond motifs is 3. The number of nitrogens with zero attached hydrogens (tertiary/aromatic N) is 5. The number of aliphatic hydroxyl groups is 2. The van der Waals surface area contributed by atoms with Crippen molar-refractivity contribution in [3.05, 3.63) is 108 Å². The first-order chi connectivity index (χ1) is 60.9. The van der Waals surface area contributed by atoms with Crippen LogP contribution >= 0.6 is 11.8 Å². The van der Waals surface area contributed by atoms with Gasteiger partial charge in [0, 0.05) is 100 Å². The van der Waals surface area contributed by atoms with Crippen LogP contribution < -0.4 is 75.7 Å². The summed E-state index contributed by atoms with van der Waals surface area (Å²) in [4.78, 5) is 257. The van der Waals surface area contributed by atoms with E-state index in [9.17, 15) is 72.5 Å². The van der Waals surface area contributed by atoms with Crippen molar-refractivity contribution in [2.24, 2.45) is 23.1 Å². The van der Waals surface area contributed by atoms with Gasteiger partial charge >= 0.3 is 0 Å². The van der Waals surface area contributed by atoms with E-state index in [1.807, 2.05) is 13.8 Å². The number of rotatable bonds is 25. The minimum absolute atomic E-state index is 0.000205. The molecule has 17 amide bonds. The van der Waals surface area contributed by atoms with Crippen LogP contribution in [0.15, 0.2) is 91.3 Å². The number of nitrogens with two attached hydrogens (primary N) is 3. The molecule has 4 heterocycles. The van der Waals surface area contributed by atoms with E-state index in [1.54, 1.807) is 105 Å². The first-order valence-corrected chi connectivity index (χ1v) is 44.0. The lowest BCUT2D eigenvalue weighted by Gasteiger charge is -2.36. The normalized spacial score (nSPS) is 23.9.